The largest absolute Gasteiger partial charge is 0.445 e. The van der Waals surface area contributed by atoms with Crippen LogP contribution in [0.15, 0.2) is 24.3 Å². The SMILES string of the molecule is C=C(C)COC(=O)NCCCCCCNC(=O)OCC(=C)C. The lowest BCUT2D eigenvalue weighted by Crippen LogP contribution is -2.26. The molecule has 6 nitrogen and oxygen atoms in total. The molecule has 0 aromatic rings. The van der Waals surface area contributed by atoms with Crippen molar-refractivity contribution in [3.8, 4) is 0 Å². The van der Waals surface area contributed by atoms with Crippen molar-refractivity contribution in [2.24, 2.45) is 0 Å². The summed E-state index contributed by atoms with van der Waals surface area (Å²) in [6.07, 6.45) is 2.88. The standard InChI is InChI=1S/C16H28N2O4/c1-13(2)11-21-15(19)17-9-7-5-6-8-10-18-16(20)22-12-14(3)4/h1,3,5-12H2,2,4H3,(H,17,19)(H,18,20). The average Bonchev–Trinajstić information content (AvgIpc) is 2.45. The van der Waals surface area contributed by atoms with Gasteiger partial charge in [0.2, 0.25) is 0 Å². The third-order valence-electron chi connectivity index (χ3n) is 2.54. The monoisotopic (exact) mass is 312 g/mol. The van der Waals surface area contributed by atoms with Gasteiger partial charge in [0.15, 0.2) is 0 Å². The van der Waals surface area contributed by atoms with E-state index in [4.69, 9.17) is 9.47 Å². The number of alkyl carbamates (subject to hydrolysis) is 2. The third kappa shape index (κ3) is 14.4. The zero-order valence-corrected chi connectivity index (χ0v) is 13.7. The molecule has 0 aromatic carbocycles. The minimum Gasteiger partial charge on any atom is -0.445 e. The number of hydrogen-bond donors (Lipinski definition) is 2. The molecule has 22 heavy (non-hydrogen) atoms. The van der Waals surface area contributed by atoms with Gasteiger partial charge in [-0.1, -0.05) is 26.0 Å². The molecule has 0 saturated carbocycles. The van der Waals surface area contributed by atoms with Gasteiger partial charge in [-0.25, -0.2) is 9.59 Å². The van der Waals surface area contributed by atoms with Gasteiger partial charge < -0.3 is 20.1 Å². The summed E-state index contributed by atoms with van der Waals surface area (Å²) in [6.45, 7) is 12.6. The Balaban J connectivity index is 3.33. The highest BCUT2D eigenvalue weighted by Gasteiger charge is 2.02. The Kier molecular flexibility index (Phi) is 11.6. The topological polar surface area (TPSA) is 76.7 Å². The van der Waals surface area contributed by atoms with E-state index in [2.05, 4.69) is 23.8 Å². The lowest BCUT2D eigenvalue weighted by Gasteiger charge is -2.07. The first kappa shape index (κ1) is 20.0. The molecule has 0 saturated heterocycles. The molecule has 0 fully saturated rings. The first-order chi connectivity index (χ1) is 10.4. The maximum atomic E-state index is 11.2. The summed E-state index contributed by atoms with van der Waals surface area (Å²) in [7, 11) is 0. The van der Waals surface area contributed by atoms with Crippen LogP contribution in [0.5, 0.6) is 0 Å². The number of carbonyl (C=O) groups excluding carboxylic acids is 2. The summed E-state index contributed by atoms with van der Waals surface area (Å²) < 4.78 is 9.79. The van der Waals surface area contributed by atoms with Crippen LogP contribution in [-0.4, -0.2) is 38.5 Å². The van der Waals surface area contributed by atoms with Crippen molar-refractivity contribution < 1.29 is 19.1 Å². The Bertz CT molecular complexity index is 344. The lowest BCUT2D eigenvalue weighted by atomic mass is 10.2. The van der Waals surface area contributed by atoms with E-state index in [-0.39, 0.29) is 13.2 Å². The zero-order valence-electron chi connectivity index (χ0n) is 13.7. The van der Waals surface area contributed by atoms with E-state index in [1.165, 1.54) is 0 Å². The van der Waals surface area contributed by atoms with Crippen LogP contribution >= 0.6 is 0 Å². The Hall–Kier alpha value is -1.98. The van der Waals surface area contributed by atoms with Crippen LogP contribution in [0.4, 0.5) is 9.59 Å². The average molecular weight is 312 g/mol. The van der Waals surface area contributed by atoms with Crippen LogP contribution in [0.1, 0.15) is 39.5 Å². The third-order valence-corrected chi connectivity index (χ3v) is 2.54. The summed E-state index contributed by atoms with van der Waals surface area (Å²) >= 11 is 0. The van der Waals surface area contributed by atoms with E-state index in [9.17, 15) is 9.59 Å². The van der Waals surface area contributed by atoms with E-state index in [1.54, 1.807) is 13.8 Å². The summed E-state index contributed by atoms with van der Waals surface area (Å²) in [5.74, 6) is 0. The predicted molar refractivity (Wildman–Crippen MR) is 86.8 cm³/mol. The molecule has 0 aliphatic carbocycles. The zero-order chi connectivity index (χ0) is 16.8. The van der Waals surface area contributed by atoms with Gasteiger partial charge in [0.25, 0.3) is 0 Å². The van der Waals surface area contributed by atoms with E-state index < -0.39 is 12.2 Å². The first-order valence-electron chi connectivity index (χ1n) is 7.52. The van der Waals surface area contributed by atoms with Crippen LogP contribution in [0.3, 0.4) is 0 Å². The number of amides is 2. The summed E-state index contributed by atoms with van der Waals surface area (Å²) in [5.41, 5.74) is 1.62. The van der Waals surface area contributed by atoms with Crippen molar-refractivity contribution in [1.82, 2.24) is 10.6 Å². The van der Waals surface area contributed by atoms with Gasteiger partial charge in [0.05, 0.1) is 0 Å². The maximum absolute atomic E-state index is 11.2. The van der Waals surface area contributed by atoms with Crippen molar-refractivity contribution in [3.05, 3.63) is 24.3 Å². The number of hydrogen-bond acceptors (Lipinski definition) is 4. The summed E-state index contributed by atoms with van der Waals surface area (Å²) in [5, 5.41) is 5.35. The lowest BCUT2D eigenvalue weighted by molar-refractivity contribution is 0.154. The summed E-state index contributed by atoms with van der Waals surface area (Å²) in [4.78, 5) is 22.5. The molecular formula is C16H28N2O4. The quantitative estimate of drug-likeness (QED) is 0.454. The van der Waals surface area contributed by atoms with Crippen LogP contribution in [0.2, 0.25) is 0 Å². The van der Waals surface area contributed by atoms with Crippen molar-refractivity contribution >= 4 is 12.2 Å². The number of unbranched alkanes of at least 4 members (excludes halogenated alkanes) is 3. The van der Waals surface area contributed by atoms with Gasteiger partial charge in [-0.3, -0.25) is 0 Å². The molecule has 0 unspecified atom stereocenters. The van der Waals surface area contributed by atoms with Crippen LogP contribution in [-0.2, 0) is 9.47 Å². The van der Waals surface area contributed by atoms with Gasteiger partial charge >= 0.3 is 12.2 Å². The Morgan fingerprint density at radius 3 is 1.45 bits per heavy atom. The molecule has 0 bridgehead atoms. The number of ether oxygens (including phenoxy) is 2. The predicted octanol–water partition coefficient (Wildman–Crippen LogP) is 3.15. The van der Waals surface area contributed by atoms with Crippen molar-refractivity contribution in [2.75, 3.05) is 26.3 Å². The molecule has 0 spiro atoms. The second kappa shape index (κ2) is 12.7. The molecular weight excluding hydrogens is 284 g/mol. The molecule has 0 radical (unpaired) electrons. The van der Waals surface area contributed by atoms with Crippen LogP contribution < -0.4 is 10.6 Å². The van der Waals surface area contributed by atoms with Crippen LogP contribution in [0, 0.1) is 0 Å². The number of carbonyl (C=O) groups is 2. The molecule has 0 rings (SSSR count). The first-order valence-corrected chi connectivity index (χ1v) is 7.52. The molecule has 0 aliphatic rings. The van der Waals surface area contributed by atoms with Gasteiger partial charge in [-0.15, -0.1) is 0 Å². The van der Waals surface area contributed by atoms with E-state index in [0.29, 0.717) is 13.1 Å². The molecule has 0 atom stereocenters. The fourth-order valence-electron chi connectivity index (χ4n) is 1.46. The second-order valence-corrected chi connectivity index (χ2v) is 5.33. The Morgan fingerprint density at radius 1 is 0.773 bits per heavy atom. The maximum Gasteiger partial charge on any atom is 0.407 e. The Labute approximate surface area is 132 Å². The fraction of sp³-hybridized carbons (Fsp3) is 0.625. The molecule has 2 amide bonds. The molecule has 6 heteroatoms. The van der Waals surface area contributed by atoms with Crippen molar-refractivity contribution in [1.29, 1.82) is 0 Å². The van der Waals surface area contributed by atoms with E-state index in [0.717, 1.165) is 36.8 Å². The highest BCUT2D eigenvalue weighted by atomic mass is 16.6. The van der Waals surface area contributed by atoms with Gasteiger partial charge in [0.1, 0.15) is 13.2 Å². The highest BCUT2D eigenvalue weighted by molar-refractivity contribution is 5.67. The van der Waals surface area contributed by atoms with Crippen LogP contribution in [0.25, 0.3) is 0 Å². The fourth-order valence-corrected chi connectivity index (χ4v) is 1.46. The highest BCUT2D eigenvalue weighted by Crippen LogP contribution is 1.98. The van der Waals surface area contributed by atoms with Crippen molar-refractivity contribution in [2.45, 2.75) is 39.5 Å². The van der Waals surface area contributed by atoms with Gasteiger partial charge in [-0.05, 0) is 37.8 Å². The van der Waals surface area contributed by atoms with Crippen molar-refractivity contribution in [3.63, 3.8) is 0 Å². The van der Waals surface area contributed by atoms with E-state index in [1.807, 2.05) is 0 Å². The smallest absolute Gasteiger partial charge is 0.407 e. The number of rotatable bonds is 11. The second-order valence-electron chi connectivity index (χ2n) is 5.33. The van der Waals surface area contributed by atoms with Gasteiger partial charge in [0, 0.05) is 13.1 Å². The normalized spacial score (nSPS) is 9.73. The molecule has 2 N–H and O–H groups in total. The molecule has 0 aliphatic heterocycles. The minimum absolute atomic E-state index is 0.249. The minimum atomic E-state index is -0.412. The Morgan fingerprint density at radius 2 is 1.14 bits per heavy atom. The van der Waals surface area contributed by atoms with Gasteiger partial charge in [-0.2, -0.15) is 0 Å². The molecule has 0 aromatic heterocycles. The molecule has 126 valence electrons. The van der Waals surface area contributed by atoms with E-state index >= 15 is 0 Å². The number of nitrogens with one attached hydrogen (secondary N) is 2. The summed E-state index contributed by atoms with van der Waals surface area (Å²) in [6, 6.07) is 0. The molecule has 0 heterocycles.